The third-order valence-corrected chi connectivity index (χ3v) is 4.91. The molecule has 0 saturated heterocycles. The SMILES string of the molecule is O=C1c2ccccc2CC[C@H]1c1sc([N+](=O)[O-])cc1[N+](=O)[O-]. The van der Waals surface area contributed by atoms with Gasteiger partial charge in [0, 0.05) is 5.56 Å². The lowest BCUT2D eigenvalue weighted by Crippen LogP contribution is -2.20. The van der Waals surface area contributed by atoms with E-state index >= 15 is 0 Å². The molecule has 1 aliphatic rings. The van der Waals surface area contributed by atoms with Crippen molar-refractivity contribution in [1.82, 2.24) is 0 Å². The fourth-order valence-corrected chi connectivity index (χ4v) is 3.79. The van der Waals surface area contributed by atoms with Crippen molar-refractivity contribution in [2.75, 3.05) is 0 Å². The summed E-state index contributed by atoms with van der Waals surface area (Å²) in [6.45, 7) is 0. The highest BCUT2D eigenvalue weighted by Crippen LogP contribution is 2.44. The van der Waals surface area contributed by atoms with Crippen molar-refractivity contribution < 1.29 is 14.6 Å². The number of carbonyl (C=O) groups excluding carboxylic acids is 1. The number of nitro groups is 2. The highest BCUT2D eigenvalue weighted by atomic mass is 32.1. The lowest BCUT2D eigenvalue weighted by Gasteiger charge is -2.21. The van der Waals surface area contributed by atoms with E-state index in [1.807, 2.05) is 12.1 Å². The lowest BCUT2D eigenvalue weighted by atomic mass is 9.82. The molecule has 0 bridgehead atoms. The van der Waals surface area contributed by atoms with Crippen LogP contribution in [0.1, 0.15) is 33.1 Å². The Hall–Kier alpha value is -2.61. The van der Waals surface area contributed by atoms with Gasteiger partial charge in [-0.05, 0) is 18.4 Å². The van der Waals surface area contributed by atoms with Gasteiger partial charge in [0.1, 0.15) is 6.07 Å². The van der Waals surface area contributed by atoms with Crippen molar-refractivity contribution in [2.24, 2.45) is 0 Å². The molecule has 0 spiro atoms. The summed E-state index contributed by atoms with van der Waals surface area (Å²) in [5, 5.41) is 21.7. The second-order valence-electron chi connectivity index (χ2n) is 4.96. The molecule has 0 N–H and O–H groups in total. The van der Waals surface area contributed by atoms with Crippen LogP contribution in [0, 0.1) is 20.2 Å². The number of thiophene rings is 1. The first-order chi connectivity index (χ1) is 10.5. The minimum atomic E-state index is -0.686. The predicted molar refractivity (Wildman–Crippen MR) is 79.5 cm³/mol. The third kappa shape index (κ3) is 2.27. The third-order valence-electron chi connectivity index (χ3n) is 3.72. The quantitative estimate of drug-likeness (QED) is 0.636. The molecule has 3 rings (SSSR count). The van der Waals surface area contributed by atoms with E-state index in [0.29, 0.717) is 18.4 Å². The van der Waals surface area contributed by atoms with Gasteiger partial charge in [-0.15, -0.1) is 0 Å². The van der Waals surface area contributed by atoms with Crippen molar-refractivity contribution in [2.45, 2.75) is 18.8 Å². The number of nitrogens with zero attached hydrogens (tertiary/aromatic N) is 2. The Bertz CT molecular complexity index is 798. The first kappa shape index (κ1) is 14.3. The minimum Gasteiger partial charge on any atom is -0.293 e. The Morgan fingerprint density at radius 1 is 1.14 bits per heavy atom. The van der Waals surface area contributed by atoms with Gasteiger partial charge in [-0.25, -0.2) is 0 Å². The van der Waals surface area contributed by atoms with Gasteiger partial charge in [-0.2, -0.15) is 0 Å². The van der Waals surface area contributed by atoms with Gasteiger partial charge < -0.3 is 0 Å². The average Bonchev–Trinajstić information content (AvgIpc) is 2.93. The molecule has 7 nitrogen and oxygen atoms in total. The number of hydrogen-bond acceptors (Lipinski definition) is 6. The van der Waals surface area contributed by atoms with Crippen molar-refractivity contribution in [1.29, 1.82) is 0 Å². The van der Waals surface area contributed by atoms with Crippen LogP contribution >= 0.6 is 11.3 Å². The summed E-state index contributed by atoms with van der Waals surface area (Å²) in [6.07, 6.45) is 1.05. The lowest BCUT2D eigenvalue weighted by molar-refractivity contribution is -0.390. The maximum Gasteiger partial charge on any atom is 0.331 e. The fraction of sp³-hybridized carbons (Fsp3) is 0.214. The Labute approximate surface area is 128 Å². The van der Waals surface area contributed by atoms with Gasteiger partial charge in [-0.1, -0.05) is 35.6 Å². The topological polar surface area (TPSA) is 103 Å². The molecule has 1 heterocycles. The number of ketones is 1. The standard InChI is InChI=1S/C14H10N2O5S/c17-13-9-4-2-1-3-8(9)5-6-10(13)14-11(15(18)19)7-12(22-14)16(20)21/h1-4,7,10H,5-6H2/t10-/m1/s1. The molecule has 0 radical (unpaired) electrons. The van der Waals surface area contributed by atoms with E-state index < -0.39 is 15.8 Å². The number of hydrogen-bond donors (Lipinski definition) is 0. The predicted octanol–water partition coefficient (Wildman–Crippen LogP) is 3.48. The smallest absolute Gasteiger partial charge is 0.293 e. The van der Waals surface area contributed by atoms with E-state index in [0.717, 1.165) is 23.0 Å². The van der Waals surface area contributed by atoms with Crippen molar-refractivity contribution in [3.8, 4) is 0 Å². The van der Waals surface area contributed by atoms with Crippen molar-refractivity contribution in [3.63, 3.8) is 0 Å². The zero-order chi connectivity index (χ0) is 15.9. The molecule has 1 aromatic heterocycles. The average molecular weight is 318 g/mol. The normalized spacial score (nSPS) is 17.1. The van der Waals surface area contributed by atoms with E-state index in [1.54, 1.807) is 12.1 Å². The van der Waals surface area contributed by atoms with Crippen LogP contribution in [-0.4, -0.2) is 15.6 Å². The van der Waals surface area contributed by atoms with Crippen molar-refractivity contribution in [3.05, 3.63) is 66.6 Å². The highest BCUT2D eigenvalue weighted by molar-refractivity contribution is 7.16. The maximum absolute atomic E-state index is 12.6. The number of benzene rings is 1. The largest absolute Gasteiger partial charge is 0.331 e. The molecule has 112 valence electrons. The van der Waals surface area contributed by atoms with Gasteiger partial charge in [0.05, 0.1) is 20.6 Å². The molecule has 0 amide bonds. The first-order valence-corrected chi connectivity index (χ1v) is 7.35. The number of fused-ring (bicyclic) bond motifs is 1. The van der Waals surface area contributed by atoms with E-state index in [9.17, 15) is 25.0 Å². The molecular formula is C14H10N2O5S. The summed E-state index contributed by atoms with van der Waals surface area (Å²) in [4.78, 5) is 33.4. The van der Waals surface area contributed by atoms with E-state index in [-0.39, 0.29) is 21.3 Å². The highest BCUT2D eigenvalue weighted by Gasteiger charge is 2.37. The molecule has 1 aliphatic carbocycles. The molecule has 0 saturated carbocycles. The fourth-order valence-electron chi connectivity index (χ4n) is 2.71. The van der Waals surface area contributed by atoms with Crippen LogP contribution in [-0.2, 0) is 6.42 Å². The second kappa shape index (κ2) is 5.30. The Balaban J connectivity index is 2.07. The van der Waals surface area contributed by atoms with E-state index in [4.69, 9.17) is 0 Å². The summed E-state index contributed by atoms with van der Waals surface area (Å²) in [5.41, 5.74) is 1.12. The number of aryl methyl sites for hydroxylation is 1. The zero-order valence-corrected chi connectivity index (χ0v) is 12.0. The molecule has 2 aromatic rings. The molecule has 0 aliphatic heterocycles. The van der Waals surface area contributed by atoms with Gasteiger partial charge in [0.25, 0.3) is 5.69 Å². The Kier molecular flexibility index (Phi) is 3.45. The number of rotatable bonds is 3. The minimum absolute atomic E-state index is 0.177. The monoisotopic (exact) mass is 318 g/mol. The second-order valence-corrected chi connectivity index (χ2v) is 6.02. The van der Waals surface area contributed by atoms with Crippen LogP contribution in [0.25, 0.3) is 0 Å². The zero-order valence-electron chi connectivity index (χ0n) is 11.2. The van der Waals surface area contributed by atoms with Crippen LogP contribution < -0.4 is 0 Å². The summed E-state index contributed by atoms with van der Waals surface area (Å²) >= 11 is 0.719. The maximum atomic E-state index is 12.6. The van der Waals surface area contributed by atoms with Gasteiger partial charge in [-0.3, -0.25) is 25.0 Å². The number of Topliss-reactive ketones (excluding diaryl/α,β-unsaturated/α-hetero) is 1. The Morgan fingerprint density at radius 2 is 1.86 bits per heavy atom. The molecule has 0 fully saturated rings. The van der Waals surface area contributed by atoms with Crippen LogP contribution in [0.3, 0.4) is 0 Å². The molecular weight excluding hydrogens is 308 g/mol. The van der Waals surface area contributed by atoms with Crippen LogP contribution in [0.4, 0.5) is 10.7 Å². The molecule has 1 atom stereocenters. The summed E-state index contributed by atoms with van der Waals surface area (Å²) in [6, 6.07) is 8.06. The van der Waals surface area contributed by atoms with Crippen LogP contribution in [0.5, 0.6) is 0 Å². The van der Waals surface area contributed by atoms with Crippen LogP contribution in [0.15, 0.2) is 30.3 Å². The first-order valence-electron chi connectivity index (χ1n) is 6.53. The molecule has 22 heavy (non-hydrogen) atoms. The van der Waals surface area contributed by atoms with Crippen molar-refractivity contribution >= 4 is 27.8 Å². The van der Waals surface area contributed by atoms with Gasteiger partial charge >= 0.3 is 5.00 Å². The Morgan fingerprint density at radius 3 is 2.55 bits per heavy atom. The molecule has 8 heteroatoms. The number of carbonyl (C=O) groups is 1. The van der Waals surface area contributed by atoms with E-state index in [2.05, 4.69) is 0 Å². The van der Waals surface area contributed by atoms with Crippen LogP contribution in [0.2, 0.25) is 0 Å². The molecule has 1 aromatic carbocycles. The van der Waals surface area contributed by atoms with Gasteiger partial charge in [0.2, 0.25) is 0 Å². The summed E-state index contributed by atoms with van der Waals surface area (Å²) < 4.78 is 0. The van der Waals surface area contributed by atoms with Gasteiger partial charge in [0.15, 0.2) is 5.78 Å². The summed E-state index contributed by atoms with van der Waals surface area (Å²) in [5.74, 6) is -0.893. The molecule has 0 unspecified atom stereocenters. The summed E-state index contributed by atoms with van der Waals surface area (Å²) in [7, 11) is 0. The van der Waals surface area contributed by atoms with E-state index in [1.165, 1.54) is 0 Å².